The van der Waals surface area contributed by atoms with E-state index in [1.165, 1.54) is 25.6 Å². The number of hydrogen-bond donors (Lipinski definition) is 1. The first-order chi connectivity index (χ1) is 17.0. The molecular weight excluding hydrogens is 508 g/mol. The summed E-state index contributed by atoms with van der Waals surface area (Å²) in [6, 6.07) is 4.58. The molecule has 1 aliphatic carbocycles. The van der Waals surface area contributed by atoms with E-state index >= 15 is 0 Å². The molecule has 0 spiro atoms. The molecule has 4 rings (SSSR count). The molecule has 36 heavy (non-hydrogen) atoms. The molecule has 0 bridgehead atoms. The van der Waals surface area contributed by atoms with Gasteiger partial charge in [0.05, 0.1) is 28.0 Å². The molecule has 1 N–H and O–H groups in total. The molecule has 1 aromatic carbocycles. The molecule has 10 nitrogen and oxygen atoms in total. The van der Waals surface area contributed by atoms with Crippen LogP contribution in [0.4, 0.5) is 16.3 Å². The Morgan fingerprint density at radius 2 is 1.83 bits per heavy atom. The van der Waals surface area contributed by atoms with Gasteiger partial charge in [0.1, 0.15) is 18.0 Å². The third-order valence-corrected chi connectivity index (χ3v) is 8.41. The van der Waals surface area contributed by atoms with Gasteiger partial charge < -0.3 is 24.4 Å². The van der Waals surface area contributed by atoms with Crippen molar-refractivity contribution in [2.24, 2.45) is 0 Å². The van der Waals surface area contributed by atoms with Gasteiger partial charge in [0, 0.05) is 25.9 Å². The van der Waals surface area contributed by atoms with E-state index in [4.69, 9.17) is 25.8 Å². The Balaban J connectivity index is 1.43. The number of carbonyl (C=O) groups is 1. The number of sulfone groups is 1. The van der Waals surface area contributed by atoms with Crippen LogP contribution >= 0.6 is 11.6 Å². The van der Waals surface area contributed by atoms with Crippen LogP contribution in [0.15, 0.2) is 29.4 Å². The van der Waals surface area contributed by atoms with Gasteiger partial charge in [0.15, 0.2) is 15.7 Å². The van der Waals surface area contributed by atoms with Crippen LogP contribution in [-0.4, -0.2) is 66.5 Å². The highest BCUT2D eigenvalue weighted by Crippen LogP contribution is 2.38. The second-order valence-electron chi connectivity index (χ2n) is 9.86. The Labute approximate surface area is 216 Å². The number of methoxy groups -OCH3 is 1. The Morgan fingerprint density at radius 1 is 1.14 bits per heavy atom. The molecule has 1 saturated carbocycles. The van der Waals surface area contributed by atoms with Crippen molar-refractivity contribution >= 4 is 39.0 Å². The molecule has 12 heteroatoms. The summed E-state index contributed by atoms with van der Waals surface area (Å²) in [5.74, 6) is 0.876. The largest absolute Gasteiger partial charge is 0.489 e. The SMILES string of the molecule is COc1c(Nc2ccc(S(=O)(=O)C3CC3)cc2Cl)ncnc1OC1CCN(C(=O)OC(C)(C)C)CC1. The number of benzene rings is 1. The number of nitrogens with one attached hydrogen (secondary N) is 1. The number of anilines is 2. The van der Waals surface area contributed by atoms with Crippen LogP contribution in [0, 0.1) is 0 Å². The fourth-order valence-corrected chi connectivity index (χ4v) is 5.80. The lowest BCUT2D eigenvalue weighted by Crippen LogP contribution is -2.44. The molecule has 1 aromatic heterocycles. The van der Waals surface area contributed by atoms with Crippen molar-refractivity contribution in [3.05, 3.63) is 29.5 Å². The predicted molar refractivity (Wildman–Crippen MR) is 135 cm³/mol. The number of piperidine rings is 1. The highest BCUT2D eigenvalue weighted by Gasteiger charge is 2.37. The molecule has 0 unspecified atom stereocenters. The second kappa shape index (κ2) is 10.3. The summed E-state index contributed by atoms with van der Waals surface area (Å²) < 4.78 is 42.1. The third-order valence-electron chi connectivity index (χ3n) is 5.83. The molecule has 2 fully saturated rings. The number of rotatable bonds is 7. The first kappa shape index (κ1) is 26.3. The fourth-order valence-electron chi connectivity index (χ4n) is 3.83. The van der Waals surface area contributed by atoms with Gasteiger partial charge in [-0.15, -0.1) is 0 Å². The van der Waals surface area contributed by atoms with Crippen molar-refractivity contribution in [2.75, 3.05) is 25.5 Å². The molecule has 0 radical (unpaired) electrons. The van der Waals surface area contributed by atoms with E-state index < -0.39 is 15.4 Å². The number of aromatic nitrogens is 2. The molecule has 2 heterocycles. The second-order valence-corrected chi connectivity index (χ2v) is 12.5. The average molecular weight is 539 g/mol. The van der Waals surface area contributed by atoms with Gasteiger partial charge >= 0.3 is 6.09 Å². The van der Waals surface area contributed by atoms with Crippen LogP contribution < -0.4 is 14.8 Å². The fraction of sp³-hybridized carbons (Fsp3) is 0.542. The number of likely N-dealkylation sites (tertiary alicyclic amines) is 1. The van der Waals surface area contributed by atoms with Crippen molar-refractivity contribution in [1.82, 2.24) is 14.9 Å². The van der Waals surface area contributed by atoms with Crippen LogP contribution in [-0.2, 0) is 14.6 Å². The van der Waals surface area contributed by atoms with E-state index in [2.05, 4.69) is 15.3 Å². The summed E-state index contributed by atoms with van der Waals surface area (Å²) in [6.45, 7) is 6.52. The highest BCUT2D eigenvalue weighted by atomic mass is 35.5. The molecule has 1 aliphatic heterocycles. The van der Waals surface area contributed by atoms with E-state index in [0.717, 1.165) is 0 Å². The Kier molecular flexibility index (Phi) is 7.51. The minimum atomic E-state index is -3.35. The topological polar surface area (TPSA) is 120 Å². The monoisotopic (exact) mass is 538 g/mol. The smallest absolute Gasteiger partial charge is 0.410 e. The number of carbonyl (C=O) groups excluding carboxylic acids is 1. The average Bonchev–Trinajstić information content (AvgIpc) is 3.66. The maximum absolute atomic E-state index is 12.5. The first-order valence-corrected chi connectivity index (χ1v) is 13.7. The van der Waals surface area contributed by atoms with Crippen LogP contribution in [0.3, 0.4) is 0 Å². The molecule has 0 atom stereocenters. The standard InChI is InChI=1S/C24H31ClN4O6S/c1-24(2,3)35-23(30)29-11-9-15(10-12-29)34-22-20(33-4)21(26-14-27-22)28-19-8-7-17(13-18(19)25)36(31,32)16-5-6-16/h7-8,13-16H,5-6,9-12H2,1-4H3,(H,26,27,28). The summed E-state index contributed by atoms with van der Waals surface area (Å²) in [5, 5.41) is 3.01. The molecule has 1 saturated heterocycles. The van der Waals surface area contributed by atoms with Crippen molar-refractivity contribution in [2.45, 2.75) is 68.3 Å². The summed E-state index contributed by atoms with van der Waals surface area (Å²) in [5.41, 5.74) is -0.0725. The molecule has 196 valence electrons. The number of amides is 1. The zero-order chi connectivity index (χ0) is 26.1. The summed E-state index contributed by atoms with van der Waals surface area (Å²) in [7, 11) is -1.87. The number of hydrogen-bond acceptors (Lipinski definition) is 9. The van der Waals surface area contributed by atoms with E-state index in [-0.39, 0.29) is 39.0 Å². The zero-order valence-electron chi connectivity index (χ0n) is 20.8. The van der Waals surface area contributed by atoms with Gasteiger partial charge in [0.25, 0.3) is 5.88 Å². The van der Waals surface area contributed by atoms with Crippen molar-refractivity contribution in [1.29, 1.82) is 0 Å². The van der Waals surface area contributed by atoms with Gasteiger partial charge in [-0.1, -0.05) is 11.6 Å². The van der Waals surface area contributed by atoms with E-state index in [1.807, 2.05) is 20.8 Å². The maximum atomic E-state index is 12.5. The lowest BCUT2D eigenvalue weighted by atomic mass is 10.1. The number of nitrogens with zero attached hydrogens (tertiary/aromatic N) is 3. The van der Waals surface area contributed by atoms with Gasteiger partial charge in [0.2, 0.25) is 5.75 Å². The molecule has 1 amide bonds. The minimum absolute atomic E-state index is 0.171. The van der Waals surface area contributed by atoms with Crippen molar-refractivity contribution in [3.8, 4) is 11.6 Å². The van der Waals surface area contributed by atoms with E-state index in [0.29, 0.717) is 50.3 Å². The van der Waals surface area contributed by atoms with Crippen LogP contribution in [0.2, 0.25) is 5.02 Å². The van der Waals surface area contributed by atoms with Crippen LogP contribution in [0.5, 0.6) is 11.6 Å². The third kappa shape index (κ3) is 6.12. The molecule has 2 aromatic rings. The van der Waals surface area contributed by atoms with Crippen molar-refractivity contribution in [3.63, 3.8) is 0 Å². The Hall–Kier alpha value is -2.79. The van der Waals surface area contributed by atoms with Gasteiger partial charge in [-0.05, 0) is 51.8 Å². The number of ether oxygens (including phenoxy) is 3. The Bertz CT molecular complexity index is 1220. The van der Waals surface area contributed by atoms with E-state index in [1.54, 1.807) is 11.0 Å². The number of halogens is 1. The Morgan fingerprint density at radius 3 is 2.42 bits per heavy atom. The van der Waals surface area contributed by atoms with Crippen molar-refractivity contribution < 1.29 is 27.4 Å². The lowest BCUT2D eigenvalue weighted by Gasteiger charge is -2.33. The van der Waals surface area contributed by atoms with Gasteiger partial charge in [-0.3, -0.25) is 0 Å². The predicted octanol–water partition coefficient (Wildman–Crippen LogP) is 4.60. The summed E-state index contributed by atoms with van der Waals surface area (Å²) in [6.07, 6.45) is 3.42. The van der Waals surface area contributed by atoms with Gasteiger partial charge in [-0.2, -0.15) is 4.98 Å². The van der Waals surface area contributed by atoms with Crippen LogP contribution in [0.25, 0.3) is 0 Å². The molecular formula is C24H31ClN4O6S. The van der Waals surface area contributed by atoms with E-state index in [9.17, 15) is 13.2 Å². The van der Waals surface area contributed by atoms with Crippen LogP contribution in [0.1, 0.15) is 46.5 Å². The summed E-state index contributed by atoms with van der Waals surface area (Å²) in [4.78, 5) is 22.7. The molecule has 2 aliphatic rings. The zero-order valence-corrected chi connectivity index (χ0v) is 22.4. The highest BCUT2D eigenvalue weighted by molar-refractivity contribution is 7.92. The lowest BCUT2D eigenvalue weighted by molar-refractivity contribution is 0.0120. The quantitative estimate of drug-likeness (QED) is 0.539. The maximum Gasteiger partial charge on any atom is 0.410 e. The minimum Gasteiger partial charge on any atom is -0.489 e. The first-order valence-electron chi connectivity index (χ1n) is 11.8. The summed E-state index contributed by atoms with van der Waals surface area (Å²) >= 11 is 6.40. The normalized spacial score (nSPS) is 17.0. The van der Waals surface area contributed by atoms with Gasteiger partial charge in [-0.25, -0.2) is 18.2 Å².